The zero-order chi connectivity index (χ0) is 15.5. The number of benzene rings is 1. The van der Waals surface area contributed by atoms with Crippen LogP contribution in [0.15, 0.2) is 45.5 Å². The Morgan fingerprint density at radius 1 is 1.48 bits per heavy atom. The van der Waals surface area contributed by atoms with Crippen LogP contribution >= 0.6 is 15.9 Å². The van der Waals surface area contributed by atoms with Gasteiger partial charge in [-0.15, -0.1) is 0 Å². The van der Waals surface area contributed by atoms with Gasteiger partial charge in [0.2, 0.25) is 0 Å². The Kier molecular flexibility index (Phi) is 4.69. The summed E-state index contributed by atoms with van der Waals surface area (Å²) in [7, 11) is 1.53. The normalized spacial score (nSPS) is 13.5. The van der Waals surface area contributed by atoms with Crippen molar-refractivity contribution in [3.05, 3.63) is 52.4 Å². The first-order valence-electron chi connectivity index (χ1n) is 6.32. The Hall–Kier alpha value is -1.79. The van der Waals surface area contributed by atoms with E-state index in [2.05, 4.69) is 21.2 Å². The molecule has 5 nitrogen and oxygen atoms in total. The van der Waals surface area contributed by atoms with Gasteiger partial charge < -0.3 is 19.6 Å². The van der Waals surface area contributed by atoms with E-state index in [1.165, 1.54) is 13.4 Å². The Balaban J connectivity index is 2.08. The van der Waals surface area contributed by atoms with Crippen LogP contribution in [0.1, 0.15) is 23.0 Å². The number of carbonyl (C=O) groups excluding carboxylic acids is 1. The van der Waals surface area contributed by atoms with Gasteiger partial charge in [-0.05, 0) is 53.2 Å². The van der Waals surface area contributed by atoms with Crippen LogP contribution in [0.4, 0.5) is 0 Å². The van der Waals surface area contributed by atoms with Crippen molar-refractivity contribution in [2.45, 2.75) is 12.5 Å². The van der Waals surface area contributed by atoms with Gasteiger partial charge in [0, 0.05) is 4.47 Å². The molecule has 0 saturated carbocycles. The maximum Gasteiger partial charge on any atom is 0.252 e. The van der Waals surface area contributed by atoms with Crippen molar-refractivity contribution in [2.75, 3.05) is 13.7 Å². The van der Waals surface area contributed by atoms with E-state index in [9.17, 15) is 9.90 Å². The third kappa shape index (κ3) is 3.65. The van der Waals surface area contributed by atoms with Gasteiger partial charge in [-0.3, -0.25) is 4.79 Å². The summed E-state index contributed by atoms with van der Waals surface area (Å²) >= 11 is 3.32. The minimum atomic E-state index is -1.27. The standard InChI is InChI=1S/C15H16BrNO4/c1-15(19,13-4-3-7-21-13)9-17-14(18)11-8-10(20-2)5-6-12(11)16/h3-8,19H,9H2,1-2H3,(H,17,18). The summed E-state index contributed by atoms with van der Waals surface area (Å²) in [5, 5.41) is 13.0. The Morgan fingerprint density at radius 3 is 2.86 bits per heavy atom. The van der Waals surface area contributed by atoms with Crippen LogP contribution in [0.5, 0.6) is 5.75 Å². The molecule has 2 rings (SSSR count). The molecule has 0 aliphatic rings. The highest BCUT2D eigenvalue weighted by molar-refractivity contribution is 9.10. The Bertz CT molecular complexity index is 623. The Morgan fingerprint density at radius 2 is 2.24 bits per heavy atom. The van der Waals surface area contributed by atoms with Gasteiger partial charge in [0.25, 0.3) is 5.91 Å². The van der Waals surface area contributed by atoms with Crippen molar-refractivity contribution in [1.82, 2.24) is 5.32 Å². The second-order valence-corrected chi connectivity index (χ2v) is 5.63. The lowest BCUT2D eigenvalue weighted by Gasteiger charge is -2.21. The van der Waals surface area contributed by atoms with Gasteiger partial charge in [-0.1, -0.05) is 0 Å². The minimum absolute atomic E-state index is 0.0308. The first-order chi connectivity index (χ1) is 9.94. The zero-order valence-corrected chi connectivity index (χ0v) is 13.3. The van der Waals surface area contributed by atoms with Crippen molar-refractivity contribution in [3.63, 3.8) is 0 Å². The predicted molar refractivity (Wildman–Crippen MR) is 81.3 cm³/mol. The number of methoxy groups -OCH3 is 1. The molecule has 2 aromatic rings. The SMILES string of the molecule is COc1ccc(Br)c(C(=O)NCC(C)(O)c2ccco2)c1. The number of hydrogen-bond acceptors (Lipinski definition) is 4. The highest BCUT2D eigenvalue weighted by atomic mass is 79.9. The number of rotatable bonds is 5. The average Bonchev–Trinajstić information content (AvgIpc) is 3.00. The fourth-order valence-electron chi connectivity index (χ4n) is 1.83. The molecule has 1 atom stereocenters. The highest BCUT2D eigenvalue weighted by Crippen LogP contribution is 2.23. The molecule has 1 aromatic heterocycles. The van der Waals surface area contributed by atoms with Crippen LogP contribution in [0.2, 0.25) is 0 Å². The van der Waals surface area contributed by atoms with Gasteiger partial charge in [0.15, 0.2) is 0 Å². The molecule has 0 fully saturated rings. The van der Waals surface area contributed by atoms with Crippen LogP contribution in [0.3, 0.4) is 0 Å². The molecular weight excluding hydrogens is 338 g/mol. The third-order valence-corrected chi connectivity index (χ3v) is 3.75. The summed E-state index contributed by atoms with van der Waals surface area (Å²) in [5.74, 6) is 0.668. The summed E-state index contributed by atoms with van der Waals surface area (Å²) in [5.41, 5.74) is -0.839. The van der Waals surface area contributed by atoms with Crippen LogP contribution in [0, 0.1) is 0 Å². The lowest BCUT2D eigenvalue weighted by Crippen LogP contribution is -2.38. The molecule has 0 spiro atoms. The molecule has 1 aromatic carbocycles. The van der Waals surface area contributed by atoms with E-state index in [1.54, 1.807) is 37.3 Å². The summed E-state index contributed by atoms with van der Waals surface area (Å²) in [6.07, 6.45) is 1.48. The van der Waals surface area contributed by atoms with Gasteiger partial charge in [0.05, 0.1) is 25.5 Å². The van der Waals surface area contributed by atoms with E-state index in [4.69, 9.17) is 9.15 Å². The number of carbonyl (C=O) groups is 1. The molecule has 0 radical (unpaired) electrons. The number of ether oxygens (including phenoxy) is 1. The van der Waals surface area contributed by atoms with E-state index in [-0.39, 0.29) is 12.5 Å². The topological polar surface area (TPSA) is 71.7 Å². The molecule has 1 amide bonds. The quantitative estimate of drug-likeness (QED) is 0.866. The van der Waals surface area contributed by atoms with Crippen molar-refractivity contribution in [1.29, 1.82) is 0 Å². The fourth-order valence-corrected chi connectivity index (χ4v) is 2.25. The van der Waals surface area contributed by atoms with Crippen LogP contribution in [0.25, 0.3) is 0 Å². The second kappa shape index (κ2) is 6.32. The average molecular weight is 354 g/mol. The molecule has 1 heterocycles. The molecule has 1 unspecified atom stereocenters. The van der Waals surface area contributed by atoms with Gasteiger partial charge in [-0.2, -0.15) is 0 Å². The number of aliphatic hydroxyl groups is 1. The molecule has 0 saturated heterocycles. The molecule has 0 aliphatic heterocycles. The number of amides is 1. The minimum Gasteiger partial charge on any atom is -0.497 e. The number of hydrogen-bond donors (Lipinski definition) is 2. The van der Waals surface area contributed by atoms with Crippen molar-refractivity contribution >= 4 is 21.8 Å². The fraction of sp³-hybridized carbons (Fsp3) is 0.267. The number of furan rings is 1. The van der Waals surface area contributed by atoms with Crippen molar-refractivity contribution < 1.29 is 19.1 Å². The summed E-state index contributed by atoms with van der Waals surface area (Å²) in [6, 6.07) is 8.46. The summed E-state index contributed by atoms with van der Waals surface area (Å²) in [6.45, 7) is 1.61. The van der Waals surface area contributed by atoms with Crippen molar-refractivity contribution in [3.8, 4) is 5.75 Å². The van der Waals surface area contributed by atoms with E-state index in [1.807, 2.05) is 0 Å². The first kappa shape index (κ1) is 15.6. The maximum atomic E-state index is 12.2. The zero-order valence-electron chi connectivity index (χ0n) is 11.7. The molecule has 2 N–H and O–H groups in total. The number of halogens is 1. The lowest BCUT2D eigenvalue weighted by atomic mass is 10.0. The predicted octanol–water partition coefficient (Wildman–Crippen LogP) is 2.69. The van der Waals surface area contributed by atoms with Crippen LogP contribution in [-0.4, -0.2) is 24.7 Å². The summed E-state index contributed by atoms with van der Waals surface area (Å²) in [4.78, 5) is 12.2. The smallest absolute Gasteiger partial charge is 0.252 e. The monoisotopic (exact) mass is 353 g/mol. The maximum absolute atomic E-state index is 12.2. The van der Waals surface area contributed by atoms with Crippen LogP contribution < -0.4 is 10.1 Å². The number of nitrogens with one attached hydrogen (secondary N) is 1. The third-order valence-electron chi connectivity index (χ3n) is 3.06. The second-order valence-electron chi connectivity index (χ2n) is 4.78. The lowest BCUT2D eigenvalue weighted by molar-refractivity contribution is 0.0330. The van der Waals surface area contributed by atoms with Gasteiger partial charge in [-0.25, -0.2) is 0 Å². The molecule has 21 heavy (non-hydrogen) atoms. The molecule has 6 heteroatoms. The molecule has 0 bridgehead atoms. The highest BCUT2D eigenvalue weighted by Gasteiger charge is 2.27. The molecule has 112 valence electrons. The molecule has 0 aliphatic carbocycles. The van der Waals surface area contributed by atoms with E-state index < -0.39 is 5.60 Å². The first-order valence-corrected chi connectivity index (χ1v) is 7.11. The Labute approximate surface area is 131 Å². The van der Waals surface area contributed by atoms with Gasteiger partial charge >= 0.3 is 0 Å². The van der Waals surface area contributed by atoms with Gasteiger partial charge in [0.1, 0.15) is 17.1 Å². The van der Waals surface area contributed by atoms with Crippen LogP contribution in [-0.2, 0) is 5.60 Å². The largest absolute Gasteiger partial charge is 0.497 e. The van der Waals surface area contributed by atoms with E-state index in [0.29, 0.717) is 21.5 Å². The molecular formula is C15H16BrNO4. The van der Waals surface area contributed by atoms with Crippen molar-refractivity contribution in [2.24, 2.45) is 0 Å². The van der Waals surface area contributed by atoms with E-state index >= 15 is 0 Å². The van der Waals surface area contributed by atoms with E-state index in [0.717, 1.165) is 0 Å². The summed E-state index contributed by atoms with van der Waals surface area (Å²) < 4.78 is 10.9.